The van der Waals surface area contributed by atoms with Crippen LogP contribution in [0.15, 0.2) is 42.5 Å². The van der Waals surface area contributed by atoms with E-state index in [4.69, 9.17) is 16.3 Å². The van der Waals surface area contributed by atoms with Crippen LogP contribution in [0.2, 0.25) is 5.02 Å². The number of hydrogen-bond donors (Lipinski definition) is 1. The van der Waals surface area contributed by atoms with E-state index in [1.54, 1.807) is 25.1 Å². The Morgan fingerprint density at radius 2 is 1.70 bits per heavy atom. The Hall–Kier alpha value is -2.73. The molecule has 2 aromatic rings. The van der Waals surface area contributed by atoms with Gasteiger partial charge < -0.3 is 19.9 Å². The number of carbonyl (C=O) groups is 2. The zero-order valence-corrected chi connectivity index (χ0v) is 16.1. The third-order valence-electron chi connectivity index (χ3n) is 4.62. The predicted molar refractivity (Wildman–Crippen MR) is 107 cm³/mol. The molecule has 0 spiro atoms. The van der Waals surface area contributed by atoms with Crippen molar-refractivity contribution < 1.29 is 14.3 Å². The minimum Gasteiger partial charge on any atom is -0.496 e. The highest BCUT2D eigenvalue weighted by Crippen LogP contribution is 2.25. The molecule has 0 aliphatic carbocycles. The summed E-state index contributed by atoms with van der Waals surface area (Å²) < 4.78 is 5.23. The van der Waals surface area contributed by atoms with Gasteiger partial charge in [0.25, 0.3) is 5.91 Å². The fourth-order valence-electron chi connectivity index (χ4n) is 3.09. The van der Waals surface area contributed by atoms with Crippen LogP contribution in [0, 0.1) is 0 Å². The summed E-state index contributed by atoms with van der Waals surface area (Å²) in [4.78, 5) is 28.0. The smallest absolute Gasteiger partial charge is 0.259 e. The van der Waals surface area contributed by atoms with Gasteiger partial charge in [-0.1, -0.05) is 11.6 Å². The van der Waals surface area contributed by atoms with E-state index in [2.05, 4.69) is 10.2 Å². The number of benzene rings is 2. The van der Waals surface area contributed by atoms with Gasteiger partial charge in [0.1, 0.15) is 5.75 Å². The molecule has 0 bridgehead atoms. The molecule has 2 aromatic carbocycles. The van der Waals surface area contributed by atoms with Crippen LogP contribution in [0.4, 0.5) is 11.4 Å². The van der Waals surface area contributed by atoms with Gasteiger partial charge in [-0.25, -0.2) is 0 Å². The first-order chi connectivity index (χ1) is 13.0. The molecular formula is C20H22ClN3O3. The van der Waals surface area contributed by atoms with Crippen molar-refractivity contribution in [2.45, 2.75) is 6.92 Å². The molecule has 3 rings (SSSR count). The van der Waals surface area contributed by atoms with E-state index in [9.17, 15) is 9.59 Å². The summed E-state index contributed by atoms with van der Waals surface area (Å²) in [7, 11) is 1.51. The van der Waals surface area contributed by atoms with Crippen LogP contribution in [-0.4, -0.2) is 50.0 Å². The number of piperazine rings is 1. The van der Waals surface area contributed by atoms with Crippen LogP contribution in [-0.2, 0) is 4.79 Å². The number of hydrogen-bond acceptors (Lipinski definition) is 4. The molecule has 2 amide bonds. The lowest BCUT2D eigenvalue weighted by atomic mass is 10.1. The number of anilines is 2. The quantitative estimate of drug-likeness (QED) is 0.874. The van der Waals surface area contributed by atoms with E-state index in [-0.39, 0.29) is 11.8 Å². The van der Waals surface area contributed by atoms with Crippen molar-refractivity contribution >= 4 is 34.8 Å². The van der Waals surface area contributed by atoms with Gasteiger partial charge in [0.15, 0.2) is 0 Å². The average Bonchev–Trinajstić information content (AvgIpc) is 2.68. The maximum atomic E-state index is 12.5. The molecule has 0 radical (unpaired) electrons. The monoisotopic (exact) mass is 387 g/mol. The minimum absolute atomic E-state index is 0.115. The molecule has 7 heteroatoms. The Balaban J connectivity index is 1.65. The fourth-order valence-corrected chi connectivity index (χ4v) is 3.26. The molecule has 1 aliphatic heterocycles. The normalized spacial score (nSPS) is 14.0. The van der Waals surface area contributed by atoms with Gasteiger partial charge in [0, 0.05) is 49.5 Å². The van der Waals surface area contributed by atoms with Crippen LogP contribution in [0.25, 0.3) is 0 Å². The average molecular weight is 388 g/mol. The van der Waals surface area contributed by atoms with E-state index in [0.717, 1.165) is 31.9 Å². The Bertz CT molecular complexity index is 831. The summed E-state index contributed by atoms with van der Waals surface area (Å²) in [6.07, 6.45) is 0. The summed E-state index contributed by atoms with van der Waals surface area (Å²) in [5.41, 5.74) is 2.14. The SMILES string of the molecule is COc1ccc(Cl)cc1C(=O)Nc1ccc(N2CCN(C(C)=O)CC2)cc1. The second-order valence-electron chi connectivity index (χ2n) is 6.34. The van der Waals surface area contributed by atoms with E-state index >= 15 is 0 Å². The first-order valence-electron chi connectivity index (χ1n) is 8.73. The van der Waals surface area contributed by atoms with Crippen molar-refractivity contribution in [1.82, 2.24) is 4.90 Å². The number of halogens is 1. The molecule has 1 fully saturated rings. The van der Waals surface area contributed by atoms with Crippen molar-refractivity contribution in [3.05, 3.63) is 53.1 Å². The van der Waals surface area contributed by atoms with Crippen LogP contribution in [0.1, 0.15) is 17.3 Å². The van der Waals surface area contributed by atoms with Gasteiger partial charge in [-0.05, 0) is 42.5 Å². The van der Waals surface area contributed by atoms with Crippen LogP contribution < -0.4 is 15.0 Å². The Morgan fingerprint density at radius 1 is 1.04 bits per heavy atom. The highest BCUT2D eigenvalue weighted by molar-refractivity contribution is 6.31. The zero-order chi connectivity index (χ0) is 19.4. The molecule has 1 N–H and O–H groups in total. The van der Waals surface area contributed by atoms with Gasteiger partial charge in [0.2, 0.25) is 5.91 Å². The molecule has 1 aliphatic rings. The first-order valence-corrected chi connectivity index (χ1v) is 9.11. The van der Waals surface area contributed by atoms with Crippen LogP contribution in [0.3, 0.4) is 0 Å². The van der Waals surface area contributed by atoms with Gasteiger partial charge in [-0.3, -0.25) is 9.59 Å². The second kappa shape index (κ2) is 8.31. The summed E-state index contributed by atoms with van der Waals surface area (Å²) in [5, 5.41) is 3.34. The highest BCUT2D eigenvalue weighted by Gasteiger charge is 2.19. The van der Waals surface area contributed by atoms with Gasteiger partial charge in [-0.2, -0.15) is 0 Å². The predicted octanol–water partition coefficient (Wildman–Crippen LogP) is 3.27. The molecule has 0 unspecified atom stereocenters. The first kappa shape index (κ1) is 19.0. The number of rotatable bonds is 4. The summed E-state index contributed by atoms with van der Waals surface area (Å²) in [6, 6.07) is 12.6. The lowest BCUT2D eigenvalue weighted by Crippen LogP contribution is -2.48. The number of methoxy groups -OCH3 is 1. The molecule has 1 heterocycles. The molecule has 6 nitrogen and oxygen atoms in total. The van der Waals surface area contributed by atoms with Gasteiger partial charge in [-0.15, -0.1) is 0 Å². The minimum atomic E-state index is -0.280. The Morgan fingerprint density at radius 3 is 2.30 bits per heavy atom. The zero-order valence-electron chi connectivity index (χ0n) is 15.4. The largest absolute Gasteiger partial charge is 0.496 e. The van der Waals surface area contributed by atoms with E-state index < -0.39 is 0 Å². The van der Waals surface area contributed by atoms with Crippen LogP contribution in [0.5, 0.6) is 5.75 Å². The molecule has 1 saturated heterocycles. The molecule has 142 valence electrons. The summed E-state index contributed by atoms with van der Waals surface area (Å²) >= 11 is 5.99. The summed E-state index contributed by atoms with van der Waals surface area (Å²) in [6.45, 7) is 4.64. The van der Waals surface area contributed by atoms with Crippen molar-refractivity contribution in [3.63, 3.8) is 0 Å². The number of amides is 2. The number of nitrogens with zero attached hydrogens (tertiary/aromatic N) is 2. The number of ether oxygens (including phenoxy) is 1. The van der Waals surface area contributed by atoms with Crippen molar-refractivity contribution in [2.75, 3.05) is 43.5 Å². The molecule has 0 atom stereocenters. The Kier molecular flexibility index (Phi) is 5.86. The molecule has 27 heavy (non-hydrogen) atoms. The van der Waals surface area contributed by atoms with Crippen LogP contribution >= 0.6 is 11.6 Å². The van der Waals surface area contributed by atoms with Crippen molar-refractivity contribution in [1.29, 1.82) is 0 Å². The third kappa shape index (κ3) is 4.52. The second-order valence-corrected chi connectivity index (χ2v) is 6.78. The summed E-state index contributed by atoms with van der Waals surface area (Å²) in [5.74, 6) is 0.304. The topological polar surface area (TPSA) is 61.9 Å². The van der Waals surface area contributed by atoms with E-state index in [0.29, 0.717) is 22.0 Å². The van der Waals surface area contributed by atoms with E-state index in [1.807, 2.05) is 29.2 Å². The number of nitrogens with one attached hydrogen (secondary N) is 1. The highest BCUT2D eigenvalue weighted by atomic mass is 35.5. The molecule has 0 aromatic heterocycles. The molecular weight excluding hydrogens is 366 g/mol. The van der Waals surface area contributed by atoms with Gasteiger partial charge in [0.05, 0.1) is 12.7 Å². The lowest BCUT2D eigenvalue weighted by molar-refractivity contribution is -0.129. The number of carbonyl (C=O) groups excluding carboxylic acids is 2. The fraction of sp³-hybridized carbons (Fsp3) is 0.300. The van der Waals surface area contributed by atoms with Crippen molar-refractivity contribution in [3.8, 4) is 5.75 Å². The Labute approximate surface area is 163 Å². The standard InChI is InChI=1S/C20H22ClN3O3/c1-14(25)23-9-11-24(12-10-23)17-6-4-16(5-7-17)22-20(26)18-13-15(21)3-8-19(18)27-2/h3-8,13H,9-12H2,1-2H3,(H,22,26). The van der Waals surface area contributed by atoms with E-state index in [1.165, 1.54) is 7.11 Å². The maximum Gasteiger partial charge on any atom is 0.259 e. The molecule has 0 saturated carbocycles. The van der Waals surface area contributed by atoms with Gasteiger partial charge >= 0.3 is 0 Å². The maximum absolute atomic E-state index is 12.5. The van der Waals surface area contributed by atoms with Crippen molar-refractivity contribution in [2.24, 2.45) is 0 Å². The third-order valence-corrected chi connectivity index (χ3v) is 4.86. The lowest BCUT2D eigenvalue weighted by Gasteiger charge is -2.35.